The SMILES string of the molecule is Cl.Clc1cccc(Cl)c1C1CN=C(N2CCOCC2)N1. The first-order valence-corrected chi connectivity index (χ1v) is 7.09. The van der Waals surface area contributed by atoms with E-state index in [0.717, 1.165) is 37.8 Å². The van der Waals surface area contributed by atoms with Gasteiger partial charge in [0.05, 0.1) is 25.8 Å². The lowest BCUT2D eigenvalue weighted by atomic mass is 10.1. The molecule has 1 aromatic rings. The van der Waals surface area contributed by atoms with Gasteiger partial charge in [0.1, 0.15) is 0 Å². The lowest BCUT2D eigenvalue weighted by molar-refractivity contribution is 0.0668. The maximum absolute atomic E-state index is 6.23. The molecule has 0 aromatic heterocycles. The summed E-state index contributed by atoms with van der Waals surface area (Å²) in [6.45, 7) is 3.90. The van der Waals surface area contributed by atoms with Gasteiger partial charge in [-0.25, -0.2) is 0 Å². The molecule has 0 saturated carbocycles. The maximum Gasteiger partial charge on any atom is 0.194 e. The molecule has 1 atom stereocenters. The Labute approximate surface area is 134 Å². The summed E-state index contributed by atoms with van der Waals surface area (Å²) in [6, 6.07) is 5.63. The average molecular weight is 337 g/mol. The number of nitrogens with zero attached hydrogens (tertiary/aromatic N) is 2. The van der Waals surface area contributed by atoms with Crippen LogP contribution in [-0.2, 0) is 4.74 Å². The van der Waals surface area contributed by atoms with Crippen LogP contribution < -0.4 is 5.32 Å². The molecule has 0 radical (unpaired) electrons. The lowest BCUT2D eigenvalue weighted by Crippen LogP contribution is -2.46. The van der Waals surface area contributed by atoms with Gasteiger partial charge in [-0.15, -0.1) is 12.4 Å². The summed E-state index contributed by atoms with van der Waals surface area (Å²) in [6.07, 6.45) is 0. The number of guanidine groups is 1. The first kappa shape index (κ1) is 15.7. The van der Waals surface area contributed by atoms with Crippen molar-refractivity contribution < 1.29 is 4.74 Å². The molecule has 0 spiro atoms. The number of benzene rings is 1. The molecule has 1 saturated heterocycles. The van der Waals surface area contributed by atoms with E-state index in [0.29, 0.717) is 16.6 Å². The largest absolute Gasteiger partial charge is 0.378 e. The van der Waals surface area contributed by atoms with Gasteiger partial charge < -0.3 is 15.0 Å². The van der Waals surface area contributed by atoms with Gasteiger partial charge in [-0.05, 0) is 12.1 Å². The van der Waals surface area contributed by atoms with E-state index >= 15 is 0 Å². The number of halogens is 3. The summed E-state index contributed by atoms with van der Waals surface area (Å²) in [5, 5.41) is 4.78. The number of hydrogen-bond donors (Lipinski definition) is 1. The summed E-state index contributed by atoms with van der Waals surface area (Å²) in [4.78, 5) is 6.76. The topological polar surface area (TPSA) is 36.9 Å². The van der Waals surface area contributed by atoms with Crippen molar-refractivity contribution in [2.45, 2.75) is 6.04 Å². The van der Waals surface area contributed by atoms with Crippen LogP contribution >= 0.6 is 35.6 Å². The molecule has 2 aliphatic heterocycles. The minimum atomic E-state index is 0. The first-order chi connectivity index (χ1) is 9.25. The molecule has 7 heteroatoms. The Morgan fingerprint density at radius 3 is 2.50 bits per heavy atom. The fraction of sp³-hybridized carbons (Fsp3) is 0.462. The molecule has 1 unspecified atom stereocenters. The van der Waals surface area contributed by atoms with Gasteiger partial charge in [0.15, 0.2) is 5.96 Å². The number of hydrogen-bond acceptors (Lipinski definition) is 4. The average Bonchev–Trinajstić information content (AvgIpc) is 2.89. The highest BCUT2D eigenvalue weighted by Crippen LogP contribution is 2.32. The Morgan fingerprint density at radius 1 is 1.20 bits per heavy atom. The van der Waals surface area contributed by atoms with Gasteiger partial charge in [0.2, 0.25) is 0 Å². The van der Waals surface area contributed by atoms with E-state index in [1.165, 1.54) is 0 Å². The summed E-state index contributed by atoms with van der Waals surface area (Å²) < 4.78 is 5.34. The van der Waals surface area contributed by atoms with Crippen LogP contribution in [-0.4, -0.2) is 43.7 Å². The molecule has 3 rings (SSSR count). The first-order valence-electron chi connectivity index (χ1n) is 6.33. The van der Waals surface area contributed by atoms with Crippen molar-refractivity contribution in [3.8, 4) is 0 Å². The third kappa shape index (κ3) is 3.14. The van der Waals surface area contributed by atoms with E-state index in [4.69, 9.17) is 27.9 Å². The number of nitrogens with one attached hydrogen (secondary N) is 1. The Kier molecular flexibility index (Phi) is 5.38. The summed E-state index contributed by atoms with van der Waals surface area (Å²) >= 11 is 12.5. The predicted octanol–water partition coefficient (Wildman–Crippen LogP) is 2.75. The lowest BCUT2D eigenvalue weighted by Gasteiger charge is -2.29. The molecule has 20 heavy (non-hydrogen) atoms. The van der Waals surface area contributed by atoms with Crippen LogP contribution in [0.4, 0.5) is 0 Å². The number of aliphatic imine (C=N–C) groups is 1. The molecule has 2 heterocycles. The van der Waals surface area contributed by atoms with Crippen LogP contribution in [0.25, 0.3) is 0 Å². The number of morpholine rings is 1. The molecule has 0 bridgehead atoms. The normalized spacial score (nSPS) is 22.0. The molecule has 1 fully saturated rings. The second kappa shape index (κ2) is 6.85. The smallest absolute Gasteiger partial charge is 0.194 e. The van der Waals surface area contributed by atoms with E-state index < -0.39 is 0 Å². The molecular formula is C13H16Cl3N3O. The van der Waals surface area contributed by atoms with Crippen molar-refractivity contribution in [2.75, 3.05) is 32.8 Å². The highest BCUT2D eigenvalue weighted by molar-refractivity contribution is 6.36. The van der Waals surface area contributed by atoms with Crippen LogP contribution in [0.2, 0.25) is 10.0 Å². The molecular weight excluding hydrogens is 321 g/mol. The molecule has 4 nitrogen and oxygen atoms in total. The van der Waals surface area contributed by atoms with Gasteiger partial charge in [0.25, 0.3) is 0 Å². The standard InChI is InChI=1S/C13H15Cl2N3O.ClH/c14-9-2-1-3-10(15)12(9)11-8-16-13(17-11)18-4-6-19-7-5-18;/h1-3,11H,4-8H2,(H,16,17);1H. The number of ether oxygens (including phenoxy) is 1. The second-order valence-corrected chi connectivity index (χ2v) is 5.41. The number of rotatable bonds is 1. The Bertz CT molecular complexity index is 483. The van der Waals surface area contributed by atoms with Gasteiger partial charge in [-0.2, -0.15) is 0 Å². The third-order valence-corrected chi connectivity index (χ3v) is 4.04. The summed E-state index contributed by atoms with van der Waals surface area (Å²) in [5.74, 6) is 0.921. The van der Waals surface area contributed by atoms with Gasteiger partial charge >= 0.3 is 0 Å². The zero-order valence-corrected chi connectivity index (χ0v) is 13.1. The molecule has 2 aliphatic rings. The van der Waals surface area contributed by atoms with Crippen molar-refractivity contribution in [3.63, 3.8) is 0 Å². The Balaban J connectivity index is 0.00000147. The zero-order chi connectivity index (χ0) is 13.2. The quantitative estimate of drug-likeness (QED) is 0.857. The fourth-order valence-corrected chi connectivity index (χ4v) is 3.06. The van der Waals surface area contributed by atoms with Crippen LogP contribution in [0.15, 0.2) is 23.2 Å². The molecule has 0 amide bonds. The minimum Gasteiger partial charge on any atom is -0.378 e. The Morgan fingerprint density at radius 2 is 1.85 bits per heavy atom. The minimum absolute atomic E-state index is 0. The third-order valence-electron chi connectivity index (χ3n) is 3.39. The molecule has 110 valence electrons. The van der Waals surface area contributed by atoms with Crippen molar-refractivity contribution in [1.29, 1.82) is 0 Å². The summed E-state index contributed by atoms with van der Waals surface area (Å²) in [7, 11) is 0. The monoisotopic (exact) mass is 335 g/mol. The van der Waals surface area contributed by atoms with Crippen LogP contribution in [0.1, 0.15) is 11.6 Å². The van der Waals surface area contributed by atoms with Crippen LogP contribution in [0, 0.1) is 0 Å². The van der Waals surface area contributed by atoms with Crippen LogP contribution in [0.3, 0.4) is 0 Å². The highest BCUT2D eigenvalue weighted by atomic mass is 35.5. The van der Waals surface area contributed by atoms with E-state index in [2.05, 4.69) is 15.2 Å². The Hall–Kier alpha value is -0.680. The van der Waals surface area contributed by atoms with Gasteiger partial charge in [0, 0.05) is 28.7 Å². The molecule has 1 aromatic carbocycles. The van der Waals surface area contributed by atoms with E-state index in [9.17, 15) is 0 Å². The summed E-state index contributed by atoms with van der Waals surface area (Å²) in [5.41, 5.74) is 0.929. The van der Waals surface area contributed by atoms with Crippen molar-refractivity contribution >= 4 is 41.6 Å². The highest BCUT2D eigenvalue weighted by Gasteiger charge is 2.27. The van der Waals surface area contributed by atoms with Crippen LogP contribution in [0.5, 0.6) is 0 Å². The van der Waals surface area contributed by atoms with Gasteiger partial charge in [-0.3, -0.25) is 4.99 Å². The van der Waals surface area contributed by atoms with Crippen molar-refractivity contribution in [2.24, 2.45) is 4.99 Å². The van der Waals surface area contributed by atoms with Crippen molar-refractivity contribution in [1.82, 2.24) is 10.2 Å². The van der Waals surface area contributed by atoms with E-state index in [1.54, 1.807) is 0 Å². The maximum atomic E-state index is 6.23. The predicted molar refractivity (Wildman–Crippen MR) is 84.3 cm³/mol. The second-order valence-electron chi connectivity index (χ2n) is 4.60. The van der Waals surface area contributed by atoms with E-state index in [-0.39, 0.29) is 18.4 Å². The molecule has 0 aliphatic carbocycles. The zero-order valence-electron chi connectivity index (χ0n) is 10.8. The molecule has 1 N–H and O–H groups in total. The van der Waals surface area contributed by atoms with E-state index in [1.807, 2.05) is 18.2 Å². The van der Waals surface area contributed by atoms with Gasteiger partial charge in [-0.1, -0.05) is 29.3 Å². The van der Waals surface area contributed by atoms with Crippen molar-refractivity contribution in [3.05, 3.63) is 33.8 Å². The fourth-order valence-electron chi connectivity index (χ4n) is 2.40.